The Labute approximate surface area is 175 Å². The molecule has 0 amide bonds. The summed E-state index contributed by atoms with van der Waals surface area (Å²) < 4.78 is 16.2. The van der Waals surface area contributed by atoms with Crippen molar-refractivity contribution in [1.82, 2.24) is 0 Å². The number of halogens is 1. The minimum Gasteiger partial charge on any atom is -0.303 e. The lowest BCUT2D eigenvalue weighted by molar-refractivity contribution is 0.193. The summed E-state index contributed by atoms with van der Waals surface area (Å²) >= 11 is 2.47. The van der Waals surface area contributed by atoms with Crippen LogP contribution in [0.5, 0.6) is 0 Å². The first-order valence-corrected chi connectivity index (χ1v) is 13.9. The van der Waals surface area contributed by atoms with Crippen molar-refractivity contribution in [3.05, 3.63) is 0 Å². The zero-order chi connectivity index (χ0) is 19.3. The molecule has 0 aliphatic carbocycles. The summed E-state index contributed by atoms with van der Waals surface area (Å²) in [7, 11) is -4.26. The number of phosphoric ester groups is 1. The Morgan fingerprint density at radius 2 is 0.808 bits per heavy atom. The molecule has 0 bridgehead atoms. The molecular formula is C20H42IO4P. The molecule has 26 heavy (non-hydrogen) atoms. The highest BCUT2D eigenvalue weighted by atomic mass is 127. The van der Waals surface area contributed by atoms with Crippen LogP contribution in [0.3, 0.4) is 0 Å². The van der Waals surface area contributed by atoms with E-state index in [2.05, 4.69) is 27.1 Å². The van der Waals surface area contributed by atoms with Crippen LogP contribution >= 0.6 is 30.4 Å². The van der Waals surface area contributed by atoms with Gasteiger partial charge in [-0.25, -0.2) is 4.57 Å². The molecule has 0 saturated carbocycles. The molecule has 6 heteroatoms. The minimum atomic E-state index is -4.26. The maximum absolute atomic E-state index is 10.5. The Morgan fingerprint density at radius 3 is 1.08 bits per heavy atom. The Morgan fingerprint density at radius 1 is 0.538 bits per heavy atom. The molecule has 158 valence electrons. The summed E-state index contributed by atoms with van der Waals surface area (Å²) in [5.41, 5.74) is 0. The van der Waals surface area contributed by atoms with Gasteiger partial charge in [0.25, 0.3) is 0 Å². The monoisotopic (exact) mass is 504 g/mol. The average molecular weight is 504 g/mol. The Bertz CT molecular complexity index is 323. The van der Waals surface area contributed by atoms with Crippen LogP contribution in [0, 0.1) is 0 Å². The van der Waals surface area contributed by atoms with Crippen LogP contribution in [0.15, 0.2) is 0 Å². The summed E-state index contributed by atoms with van der Waals surface area (Å²) in [6.45, 7) is 0.170. The standard InChI is InChI=1S/C20H42IO4P/c21-19-17-15-13-11-9-7-5-3-1-2-4-6-8-10-12-14-16-18-20-25-26(22,23)24/h1-20H2,(H2,22,23,24). The van der Waals surface area contributed by atoms with Crippen molar-refractivity contribution in [2.24, 2.45) is 0 Å². The fourth-order valence-electron chi connectivity index (χ4n) is 3.21. The molecule has 2 N–H and O–H groups in total. The maximum Gasteiger partial charge on any atom is 0.469 e. The first-order chi connectivity index (χ1) is 12.6. The van der Waals surface area contributed by atoms with Crippen molar-refractivity contribution in [2.45, 2.75) is 116 Å². The molecule has 0 unspecified atom stereocenters. The predicted molar refractivity (Wildman–Crippen MR) is 120 cm³/mol. The molecule has 0 aromatic heterocycles. The first-order valence-electron chi connectivity index (χ1n) is 10.8. The van der Waals surface area contributed by atoms with Gasteiger partial charge in [0.05, 0.1) is 6.61 Å². The summed E-state index contributed by atoms with van der Waals surface area (Å²) in [5, 5.41) is 0. The minimum absolute atomic E-state index is 0.170. The van der Waals surface area contributed by atoms with Gasteiger partial charge in [0.1, 0.15) is 0 Å². The second-order valence-corrected chi connectivity index (χ2v) is 9.69. The molecule has 0 aromatic carbocycles. The van der Waals surface area contributed by atoms with Gasteiger partial charge in [0, 0.05) is 0 Å². The van der Waals surface area contributed by atoms with E-state index in [0.717, 1.165) is 19.3 Å². The van der Waals surface area contributed by atoms with Crippen molar-refractivity contribution in [1.29, 1.82) is 0 Å². The fourth-order valence-corrected chi connectivity index (χ4v) is 4.11. The topological polar surface area (TPSA) is 66.8 Å². The van der Waals surface area contributed by atoms with Gasteiger partial charge in [0.2, 0.25) is 0 Å². The molecule has 0 spiro atoms. The van der Waals surface area contributed by atoms with Crippen LogP contribution in [0.25, 0.3) is 0 Å². The Kier molecular flexibility index (Phi) is 21.2. The molecule has 0 fully saturated rings. The van der Waals surface area contributed by atoms with E-state index < -0.39 is 7.82 Å². The van der Waals surface area contributed by atoms with Gasteiger partial charge in [-0.3, -0.25) is 4.52 Å². The van der Waals surface area contributed by atoms with Gasteiger partial charge in [-0.1, -0.05) is 125 Å². The zero-order valence-electron chi connectivity index (χ0n) is 16.7. The molecule has 0 aliphatic rings. The maximum atomic E-state index is 10.5. The van der Waals surface area contributed by atoms with E-state index in [4.69, 9.17) is 9.79 Å². The van der Waals surface area contributed by atoms with Crippen LogP contribution in [0.4, 0.5) is 0 Å². The van der Waals surface area contributed by atoms with Crippen molar-refractivity contribution < 1.29 is 18.9 Å². The van der Waals surface area contributed by atoms with Crippen molar-refractivity contribution in [3.8, 4) is 0 Å². The normalized spacial score (nSPS) is 12.0. The van der Waals surface area contributed by atoms with Gasteiger partial charge < -0.3 is 9.79 Å². The van der Waals surface area contributed by atoms with Gasteiger partial charge in [-0.05, 0) is 17.3 Å². The van der Waals surface area contributed by atoms with E-state index in [1.807, 2.05) is 0 Å². The lowest BCUT2D eigenvalue weighted by Gasteiger charge is -2.05. The second kappa shape index (κ2) is 20.6. The highest BCUT2D eigenvalue weighted by molar-refractivity contribution is 14.1. The number of hydrogen-bond donors (Lipinski definition) is 2. The molecule has 0 saturated heterocycles. The van der Waals surface area contributed by atoms with E-state index in [1.165, 1.54) is 101 Å². The summed E-state index contributed by atoms with van der Waals surface area (Å²) in [6, 6.07) is 0. The largest absolute Gasteiger partial charge is 0.469 e. The van der Waals surface area contributed by atoms with Crippen molar-refractivity contribution in [2.75, 3.05) is 11.0 Å². The van der Waals surface area contributed by atoms with Crippen LogP contribution in [0.2, 0.25) is 0 Å². The number of phosphoric acid groups is 1. The molecule has 0 atom stereocenters. The molecule has 4 nitrogen and oxygen atoms in total. The highest BCUT2D eigenvalue weighted by Crippen LogP contribution is 2.35. The van der Waals surface area contributed by atoms with Gasteiger partial charge >= 0.3 is 7.82 Å². The third-order valence-corrected chi connectivity index (χ3v) is 6.07. The van der Waals surface area contributed by atoms with Gasteiger partial charge in [-0.2, -0.15) is 0 Å². The lowest BCUT2D eigenvalue weighted by atomic mass is 10.0. The smallest absolute Gasteiger partial charge is 0.303 e. The van der Waals surface area contributed by atoms with Crippen molar-refractivity contribution >= 4 is 30.4 Å². The quantitative estimate of drug-likeness (QED) is 0.0733. The van der Waals surface area contributed by atoms with Crippen molar-refractivity contribution in [3.63, 3.8) is 0 Å². The fraction of sp³-hybridized carbons (Fsp3) is 1.00. The van der Waals surface area contributed by atoms with Gasteiger partial charge in [0.15, 0.2) is 0 Å². The number of unbranched alkanes of at least 4 members (excludes halogenated alkanes) is 17. The highest BCUT2D eigenvalue weighted by Gasteiger charge is 2.12. The second-order valence-electron chi connectivity index (χ2n) is 7.38. The predicted octanol–water partition coefficient (Wildman–Crippen LogP) is 7.55. The van der Waals surface area contributed by atoms with Crippen LogP contribution < -0.4 is 0 Å². The van der Waals surface area contributed by atoms with Crippen LogP contribution in [-0.2, 0) is 9.09 Å². The molecule has 0 aliphatic heterocycles. The number of hydrogen-bond acceptors (Lipinski definition) is 2. The molecule has 0 radical (unpaired) electrons. The molecule has 0 aromatic rings. The third kappa shape index (κ3) is 24.8. The first kappa shape index (κ1) is 26.8. The van der Waals surface area contributed by atoms with Crippen LogP contribution in [-0.4, -0.2) is 20.8 Å². The third-order valence-electron chi connectivity index (χ3n) is 4.79. The van der Waals surface area contributed by atoms with Crippen LogP contribution in [0.1, 0.15) is 116 Å². The zero-order valence-corrected chi connectivity index (χ0v) is 19.7. The Balaban J connectivity index is 3.02. The van der Waals surface area contributed by atoms with Gasteiger partial charge in [-0.15, -0.1) is 0 Å². The van der Waals surface area contributed by atoms with E-state index >= 15 is 0 Å². The summed E-state index contributed by atoms with van der Waals surface area (Å²) in [4.78, 5) is 17.1. The Hall–Kier alpha value is 0.840. The van der Waals surface area contributed by atoms with E-state index in [0.29, 0.717) is 0 Å². The molecule has 0 rings (SSSR count). The lowest BCUT2D eigenvalue weighted by Crippen LogP contribution is -1.92. The van der Waals surface area contributed by atoms with E-state index in [-0.39, 0.29) is 6.61 Å². The van der Waals surface area contributed by atoms with E-state index in [9.17, 15) is 4.57 Å². The van der Waals surface area contributed by atoms with E-state index in [1.54, 1.807) is 0 Å². The summed E-state index contributed by atoms with van der Waals surface area (Å²) in [6.07, 6.45) is 23.7. The number of rotatable bonds is 21. The summed E-state index contributed by atoms with van der Waals surface area (Å²) in [5.74, 6) is 0. The molecular weight excluding hydrogens is 462 g/mol. The number of alkyl halides is 1. The average Bonchev–Trinajstić information content (AvgIpc) is 2.59. The SMILES string of the molecule is O=P(O)(O)OCCCCCCCCCCCCCCCCCCCCI. The molecule has 0 heterocycles.